The third-order valence-electron chi connectivity index (χ3n) is 3.54. The number of amides is 1. The molecule has 0 unspecified atom stereocenters. The molecule has 1 fully saturated rings. The number of nitrogens with zero attached hydrogens (tertiary/aromatic N) is 2. The minimum Gasteiger partial charge on any atom is -0.333 e. The second kappa shape index (κ2) is 4.60. The van der Waals surface area contributed by atoms with Crippen LogP contribution in [0.25, 0.3) is 0 Å². The maximum atomic E-state index is 13.7. The van der Waals surface area contributed by atoms with E-state index in [2.05, 4.69) is 0 Å². The molecule has 19 heavy (non-hydrogen) atoms. The monoisotopic (exact) mass is 266 g/mol. The molecule has 1 aliphatic heterocycles. The molecule has 0 saturated carbocycles. The first-order chi connectivity index (χ1) is 8.83. The lowest BCUT2D eigenvalue weighted by Crippen LogP contribution is -2.42. The molecule has 102 valence electrons. The summed E-state index contributed by atoms with van der Waals surface area (Å²) < 4.78 is 13.7. The van der Waals surface area contributed by atoms with Crippen LogP contribution in [0.2, 0.25) is 0 Å². The van der Waals surface area contributed by atoms with E-state index in [1.54, 1.807) is 4.90 Å². The average molecular weight is 266 g/mol. The minimum atomic E-state index is -0.724. The second-order valence-electron chi connectivity index (χ2n) is 5.29. The Morgan fingerprint density at radius 3 is 2.68 bits per heavy atom. The molecule has 0 bridgehead atoms. The molecule has 1 aliphatic rings. The Kier molecular flexibility index (Phi) is 3.26. The van der Waals surface area contributed by atoms with Crippen molar-refractivity contribution in [3.63, 3.8) is 0 Å². The minimum absolute atomic E-state index is 0.232. The van der Waals surface area contributed by atoms with E-state index >= 15 is 0 Å². The number of hydrogen-bond acceptors (Lipinski definition) is 3. The van der Waals surface area contributed by atoms with E-state index in [1.165, 1.54) is 0 Å². The molecular weight excluding hydrogens is 251 g/mol. The van der Waals surface area contributed by atoms with Crippen molar-refractivity contribution in [2.75, 3.05) is 6.54 Å². The third kappa shape index (κ3) is 2.43. The summed E-state index contributed by atoms with van der Waals surface area (Å²) >= 11 is 0. The lowest BCUT2D eigenvalue weighted by molar-refractivity contribution is -0.384. The van der Waals surface area contributed by atoms with E-state index in [0.717, 1.165) is 31.0 Å². The molecule has 1 heterocycles. The number of likely N-dealkylation sites (tertiary alicyclic amines) is 1. The number of rotatable bonds is 2. The zero-order valence-electron chi connectivity index (χ0n) is 10.9. The molecule has 1 aromatic carbocycles. The third-order valence-corrected chi connectivity index (χ3v) is 3.54. The first kappa shape index (κ1) is 13.5. The van der Waals surface area contributed by atoms with Gasteiger partial charge >= 0.3 is 0 Å². The van der Waals surface area contributed by atoms with E-state index in [4.69, 9.17) is 0 Å². The predicted molar refractivity (Wildman–Crippen MR) is 67.4 cm³/mol. The molecule has 0 atom stereocenters. The van der Waals surface area contributed by atoms with E-state index in [9.17, 15) is 19.3 Å². The van der Waals surface area contributed by atoms with E-state index in [-0.39, 0.29) is 16.8 Å². The number of carbonyl (C=O) groups is 1. The molecule has 0 aliphatic carbocycles. The molecule has 0 spiro atoms. The van der Waals surface area contributed by atoms with Gasteiger partial charge in [0.1, 0.15) is 5.82 Å². The largest absolute Gasteiger partial charge is 0.333 e. The van der Waals surface area contributed by atoms with Crippen LogP contribution >= 0.6 is 0 Å². The zero-order chi connectivity index (χ0) is 14.2. The van der Waals surface area contributed by atoms with Crippen molar-refractivity contribution in [1.29, 1.82) is 0 Å². The van der Waals surface area contributed by atoms with Gasteiger partial charge in [0.15, 0.2) is 0 Å². The molecule has 0 radical (unpaired) electrons. The molecule has 1 amide bonds. The van der Waals surface area contributed by atoms with Crippen LogP contribution in [0.1, 0.15) is 37.0 Å². The van der Waals surface area contributed by atoms with Gasteiger partial charge in [0.25, 0.3) is 11.6 Å². The summed E-state index contributed by atoms with van der Waals surface area (Å²) in [6, 6.07) is 3.03. The van der Waals surface area contributed by atoms with E-state index < -0.39 is 16.6 Å². The summed E-state index contributed by atoms with van der Waals surface area (Å²) in [6.07, 6.45) is 1.70. The highest BCUT2D eigenvalue weighted by Gasteiger charge is 2.37. The fraction of sp³-hybridized carbons (Fsp3) is 0.462. The Labute approximate surface area is 110 Å². The molecule has 5 nitrogen and oxygen atoms in total. The van der Waals surface area contributed by atoms with Gasteiger partial charge in [0, 0.05) is 24.2 Å². The second-order valence-corrected chi connectivity index (χ2v) is 5.29. The van der Waals surface area contributed by atoms with Crippen molar-refractivity contribution in [2.45, 2.75) is 32.2 Å². The van der Waals surface area contributed by atoms with Crippen LogP contribution in [0, 0.1) is 15.9 Å². The van der Waals surface area contributed by atoms with Gasteiger partial charge in [-0.05, 0) is 32.8 Å². The first-order valence-electron chi connectivity index (χ1n) is 6.09. The smallest absolute Gasteiger partial charge is 0.270 e. The van der Waals surface area contributed by atoms with Crippen LogP contribution in [-0.4, -0.2) is 27.8 Å². The number of non-ortho nitro benzene ring substituents is 1. The van der Waals surface area contributed by atoms with Gasteiger partial charge in [-0.1, -0.05) is 0 Å². The highest BCUT2D eigenvalue weighted by atomic mass is 19.1. The van der Waals surface area contributed by atoms with Gasteiger partial charge in [-0.15, -0.1) is 0 Å². The summed E-state index contributed by atoms with van der Waals surface area (Å²) in [7, 11) is 0. The van der Waals surface area contributed by atoms with Crippen LogP contribution in [0.3, 0.4) is 0 Å². The molecule has 1 aromatic rings. The fourth-order valence-corrected chi connectivity index (χ4v) is 2.42. The lowest BCUT2D eigenvalue weighted by atomic mass is 10.0. The summed E-state index contributed by atoms with van der Waals surface area (Å²) in [5, 5.41) is 10.7. The standard InChI is InChI=1S/C13H15FN2O3/c1-13(2)6-3-7-15(13)12(17)10-8-9(16(18)19)4-5-11(10)14/h4-5,8H,3,6-7H2,1-2H3. The normalized spacial score (nSPS) is 17.5. The Balaban J connectivity index is 2.38. The van der Waals surface area contributed by atoms with Gasteiger partial charge in [-0.2, -0.15) is 0 Å². The zero-order valence-corrected chi connectivity index (χ0v) is 10.9. The van der Waals surface area contributed by atoms with Gasteiger partial charge < -0.3 is 4.90 Å². The van der Waals surface area contributed by atoms with Gasteiger partial charge in [0.2, 0.25) is 0 Å². The van der Waals surface area contributed by atoms with Crippen molar-refractivity contribution in [1.82, 2.24) is 4.90 Å². The maximum absolute atomic E-state index is 13.7. The number of nitro groups is 1. The highest BCUT2D eigenvalue weighted by Crippen LogP contribution is 2.30. The predicted octanol–water partition coefficient (Wildman–Crippen LogP) is 2.75. The number of hydrogen-bond donors (Lipinski definition) is 0. The summed E-state index contributed by atoms with van der Waals surface area (Å²) in [5.41, 5.74) is -0.848. The number of halogens is 1. The Bertz CT molecular complexity index is 543. The van der Waals surface area contributed by atoms with Crippen molar-refractivity contribution < 1.29 is 14.1 Å². The Morgan fingerprint density at radius 2 is 2.16 bits per heavy atom. The van der Waals surface area contributed by atoms with Crippen LogP contribution < -0.4 is 0 Å². The molecule has 1 saturated heterocycles. The van der Waals surface area contributed by atoms with Crippen molar-refractivity contribution in [3.05, 3.63) is 39.7 Å². The fourth-order valence-electron chi connectivity index (χ4n) is 2.42. The van der Waals surface area contributed by atoms with Crippen LogP contribution in [-0.2, 0) is 0 Å². The first-order valence-corrected chi connectivity index (χ1v) is 6.09. The SMILES string of the molecule is CC1(C)CCCN1C(=O)c1cc([N+](=O)[O-])ccc1F. The quantitative estimate of drug-likeness (QED) is 0.610. The summed E-state index contributed by atoms with van der Waals surface area (Å²) in [6.45, 7) is 4.37. The highest BCUT2D eigenvalue weighted by molar-refractivity contribution is 5.95. The Hall–Kier alpha value is -1.98. The van der Waals surface area contributed by atoms with Gasteiger partial charge in [0.05, 0.1) is 10.5 Å². The molecule has 0 N–H and O–H groups in total. The van der Waals surface area contributed by atoms with Crippen molar-refractivity contribution >= 4 is 11.6 Å². The summed E-state index contributed by atoms with van der Waals surface area (Å²) in [4.78, 5) is 24.0. The molecular formula is C13H15FN2O3. The average Bonchev–Trinajstić information content (AvgIpc) is 2.68. The topological polar surface area (TPSA) is 63.5 Å². The Morgan fingerprint density at radius 1 is 1.47 bits per heavy atom. The van der Waals surface area contributed by atoms with Gasteiger partial charge in [-0.3, -0.25) is 14.9 Å². The molecule has 0 aromatic heterocycles. The van der Waals surface area contributed by atoms with Crippen LogP contribution in [0.4, 0.5) is 10.1 Å². The van der Waals surface area contributed by atoms with Crippen molar-refractivity contribution in [3.8, 4) is 0 Å². The van der Waals surface area contributed by atoms with E-state index in [0.29, 0.717) is 6.54 Å². The molecule has 6 heteroatoms. The van der Waals surface area contributed by atoms with Crippen LogP contribution in [0.15, 0.2) is 18.2 Å². The van der Waals surface area contributed by atoms with E-state index in [1.807, 2.05) is 13.8 Å². The number of carbonyl (C=O) groups excluding carboxylic acids is 1. The molecule has 2 rings (SSSR count). The number of benzene rings is 1. The van der Waals surface area contributed by atoms with Gasteiger partial charge in [-0.25, -0.2) is 4.39 Å². The van der Waals surface area contributed by atoms with Crippen LogP contribution in [0.5, 0.6) is 0 Å². The maximum Gasteiger partial charge on any atom is 0.270 e. The van der Waals surface area contributed by atoms with Crippen molar-refractivity contribution in [2.24, 2.45) is 0 Å². The summed E-state index contributed by atoms with van der Waals surface area (Å²) in [5.74, 6) is -1.21. The lowest BCUT2D eigenvalue weighted by Gasteiger charge is -2.31. The number of nitro benzene ring substituents is 1.